The van der Waals surface area contributed by atoms with Gasteiger partial charge in [0.1, 0.15) is 6.04 Å². The van der Waals surface area contributed by atoms with Crippen molar-refractivity contribution in [3.8, 4) is 0 Å². The van der Waals surface area contributed by atoms with Gasteiger partial charge in [-0.05, 0) is 41.3 Å². The Balaban J connectivity index is 1.48. The second-order valence-electron chi connectivity index (χ2n) is 9.96. The predicted octanol–water partition coefficient (Wildman–Crippen LogP) is 1.91. The van der Waals surface area contributed by atoms with Gasteiger partial charge in [0.2, 0.25) is 17.7 Å². The molecule has 10 nitrogen and oxygen atoms in total. The molecule has 1 aromatic heterocycles. The van der Waals surface area contributed by atoms with Gasteiger partial charge in [0.05, 0.1) is 29.9 Å². The van der Waals surface area contributed by atoms with Crippen LogP contribution < -0.4 is 27.8 Å². The molecule has 1 heterocycles. The summed E-state index contributed by atoms with van der Waals surface area (Å²) in [5.74, 6) is -1.31. The SMILES string of the molecule is NCCN(CCN)C(=O)C[C@H](N)C(=O)N[C@@H](CCc1ccc2ccccc2c1)C(=O)Nc1cnc2ccccc2c1. The number of aromatic nitrogens is 1. The van der Waals surface area contributed by atoms with Crippen molar-refractivity contribution in [2.45, 2.75) is 31.3 Å². The number of nitrogens with one attached hydrogen (secondary N) is 2. The second kappa shape index (κ2) is 14.3. The Morgan fingerprint density at radius 1 is 0.829 bits per heavy atom. The second-order valence-corrected chi connectivity index (χ2v) is 9.96. The van der Waals surface area contributed by atoms with Crippen LogP contribution in [-0.2, 0) is 20.8 Å². The van der Waals surface area contributed by atoms with E-state index in [1.165, 1.54) is 4.90 Å². The molecule has 4 aromatic rings. The molecule has 0 aliphatic rings. The summed E-state index contributed by atoms with van der Waals surface area (Å²) in [7, 11) is 0. The molecule has 0 saturated carbocycles. The van der Waals surface area contributed by atoms with Gasteiger partial charge in [0.15, 0.2) is 0 Å². The number of nitrogens with two attached hydrogens (primary N) is 3. The Kier molecular flexibility index (Phi) is 10.3. The number of carbonyl (C=O) groups is 3. The lowest BCUT2D eigenvalue weighted by Crippen LogP contribution is -2.52. The predicted molar refractivity (Wildman–Crippen MR) is 162 cm³/mol. The molecule has 0 bridgehead atoms. The highest BCUT2D eigenvalue weighted by Gasteiger charge is 2.26. The van der Waals surface area contributed by atoms with E-state index in [1.54, 1.807) is 6.20 Å². The van der Waals surface area contributed by atoms with Crippen LogP contribution in [0.1, 0.15) is 18.4 Å². The summed E-state index contributed by atoms with van der Waals surface area (Å²) in [6, 6.07) is 21.5. The maximum Gasteiger partial charge on any atom is 0.247 e. The molecule has 8 N–H and O–H groups in total. The number of hydrogen-bond donors (Lipinski definition) is 5. The summed E-state index contributed by atoms with van der Waals surface area (Å²) in [4.78, 5) is 45.1. The highest BCUT2D eigenvalue weighted by molar-refractivity contribution is 5.99. The first-order valence-corrected chi connectivity index (χ1v) is 13.7. The first-order valence-electron chi connectivity index (χ1n) is 13.7. The zero-order valence-electron chi connectivity index (χ0n) is 23.0. The molecule has 0 radical (unpaired) electrons. The fourth-order valence-corrected chi connectivity index (χ4v) is 4.70. The number of aryl methyl sites for hydroxylation is 1. The summed E-state index contributed by atoms with van der Waals surface area (Å²) >= 11 is 0. The number of hydrogen-bond acceptors (Lipinski definition) is 7. The summed E-state index contributed by atoms with van der Waals surface area (Å²) < 4.78 is 0. The van der Waals surface area contributed by atoms with Crippen molar-refractivity contribution < 1.29 is 14.4 Å². The normalized spacial score (nSPS) is 12.6. The molecule has 3 aromatic carbocycles. The smallest absolute Gasteiger partial charge is 0.247 e. The van der Waals surface area contributed by atoms with Crippen LogP contribution in [0, 0.1) is 0 Å². The van der Waals surface area contributed by atoms with Crippen molar-refractivity contribution in [2.75, 3.05) is 31.5 Å². The summed E-state index contributed by atoms with van der Waals surface area (Å²) in [6.45, 7) is 1.18. The van der Waals surface area contributed by atoms with Gasteiger partial charge >= 0.3 is 0 Å². The van der Waals surface area contributed by atoms with Crippen LogP contribution in [-0.4, -0.2) is 65.9 Å². The van der Waals surface area contributed by atoms with Crippen LogP contribution in [0.25, 0.3) is 21.7 Å². The minimum absolute atomic E-state index is 0.223. The molecule has 0 unspecified atom stereocenters. The third-order valence-electron chi connectivity index (χ3n) is 6.91. The van der Waals surface area contributed by atoms with Crippen LogP contribution in [0.2, 0.25) is 0 Å². The summed E-state index contributed by atoms with van der Waals surface area (Å²) in [5, 5.41) is 8.74. The maximum absolute atomic E-state index is 13.4. The molecule has 0 saturated heterocycles. The van der Waals surface area contributed by atoms with Gasteiger partial charge in [-0.1, -0.05) is 60.7 Å². The molecule has 0 fully saturated rings. The van der Waals surface area contributed by atoms with Crippen LogP contribution in [0.3, 0.4) is 0 Å². The highest BCUT2D eigenvalue weighted by Crippen LogP contribution is 2.19. The third kappa shape index (κ3) is 8.07. The fourth-order valence-electron chi connectivity index (χ4n) is 4.70. The average Bonchev–Trinajstić information content (AvgIpc) is 2.98. The third-order valence-corrected chi connectivity index (χ3v) is 6.91. The summed E-state index contributed by atoms with van der Waals surface area (Å²) in [6.07, 6.45) is 2.22. The van der Waals surface area contributed by atoms with E-state index in [-0.39, 0.29) is 25.4 Å². The first-order chi connectivity index (χ1) is 19.9. The van der Waals surface area contributed by atoms with Crippen molar-refractivity contribution in [3.05, 3.63) is 84.6 Å². The van der Waals surface area contributed by atoms with Crippen LogP contribution in [0.4, 0.5) is 5.69 Å². The van der Waals surface area contributed by atoms with E-state index < -0.39 is 23.9 Å². The molecular weight excluding hydrogens is 518 g/mol. The Labute approximate surface area is 239 Å². The Morgan fingerprint density at radius 3 is 2.24 bits per heavy atom. The quantitative estimate of drug-likeness (QED) is 0.168. The largest absolute Gasteiger partial charge is 0.343 e. The molecule has 4 rings (SSSR count). The number of nitrogens with zero attached hydrogens (tertiary/aromatic N) is 2. The van der Waals surface area contributed by atoms with Crippen molar-refractivity contribution >= 4 is 45.1 Å². The number of pyridine rings is 1. The first kappa shape index (κ1) is 29.6. The van der Waals surface area contributed by atoms with E-state index in [0.717, 1.165) is 27.2 Å². The van der Waals surface area contributed by atoms with E-state index in [4.69, 9.17) is 17.2 Å². The van der Waals surface area contributed by atoms with E-state index in [1.807, 2.05) is 66.7 Å². The zero-order chi connectivity index (χ0) is 29.2. The van der Waals surface area contributed by atoms with E-state index in [0.29, 0.717) is 31.6 Å². The number of fused-ring (bicyclic) bond motifs is 2. The highest BCUT2D eigenvalue weighted by atomic mass is 16.2. The van der Waals surface area contributed by atoms with E-state index >= 15 is 0 Å². The van der Waals surface area contributed by atoms with Gasteiger partial charge in [0.25, 0.3) is 0 Å². The Morgan fingerprint density at radius 2 is 1.51 bits per heavy atom. The topological polar surface area (TPSA) is 169 Å². The average molecular weight is 556 g/mol. The van der Waals surface area contributed by atoms with Crippen LogP contribution >= 0.6 is 0 Å². The number of benzene rings is 3. The molecule has 0 spiro atoms. The molecule has 214 valence electrons. The number of rotatable bonds is 13. The maximum atomic E-state index is 13.4. The van der Waals surface area contributed by atoms with Gasteiger partial charge in [-0.2, -0.15) is 0 Å². The van der Waals surface area contributed by atoms with Gasteiger partial charge in [-0.3, -0.25) is 19.4 Å². The lowest BCUT2D eigenvalue weighted by Gasteiger charge is -2.24. The standard InChI is InChI=1S/C31H37N7O3/c32-13-15-38(16-14-33)29(39)19-26(34)30(40)37-28(12-10-21-9-11-22-5-1-2-6-23(22)17-21)31(41)36-25-18-24-7-3-4-8-27(24)35-20-25/h1-9,11,17-18,20,26,28H,10,12-16,19,32-34H2,(H,36,41)(H,37,40)/t26-,28-/m0/s1. The van der Waals surface area contributed by atoms with E-state index in [2.05, 4.69) is 21.7 Å². The van der Waals surface area contributed by atoms with E-state index in [9.17, 15) is 14.4 Å². The molecule has 2 atom stereocenters. The molecule has 41 heavy (non-hydrogen) atoms. The number of carbonyl (C=O) groups excluding carboxylic acids is 3. The molecule has 0 aliphatic carbocycles. The van der Waals surface area contributed by atoms with Gasteiger partial charge in [-0.25, -0.2) is 0 Å². The summed E-state index contributed by atoms with van der Waals surface area (Å²) in [5.41, 5.74) is 19.7. The molecular formula is C31H37N7O3. The molecule has 3 amide bonds. The van der Waals surface area contributed by atoms with Gasteiger partial charge in [0, 0.05) is 31.6 Å². The Bertz CT molecular complexity index is 1500. The Hall–Kier alpha value is -4.38. The van der Waals surface area contributed by atoms with Crippen LogP contribution in [0.5, 0.6) is 0 Å². The number of anilines is 1. The minimum Gasteiger partial charge on any atom is -0.343 e. The lowest BCUT2D eigenvalue weighted by molar-refractivity contribution is -0.134. The van der Waals surface area contributed by atoms with Crippen molar-refractivity contribution in [1.29, 1.82) is 0 Å². The lowest BCUT2D eigenvalue weighted by atomic mass is 10.0. The monoisotopic (exact) mass is 555 g/mol. The number of amides is 3. The molecule has 10 heteroatoms. The fraction of sp³-hybridized carbons (Fsp3) is 0.290. The van der Waals surface area contributed by atoms with Gasteiger partial charge in [-0.15, -0.1) is 0 Å². The molecule has 0 aliphatic heterocycles. The van der Waals surface area contributed by atoms with Crippen molar-refractivity contribution in [1.82, 2.24) is 15.2 Å². The number of para-hydroxylation sites is 1. The zero-order valence-corrected chi connectivity index (χ0v) is 23.0. The minimum atomic E-state index is -1.14. The van der Waals surface area contributed by atoms with Gasteiger partial charge < -0.3 is 32.7 Å². The van der Waals surface area contributed by atoms with Crippen LogP contribution in [0.15, 0.2) is 79.0 Å². The van der Waals surface area contributed by atoms with Crippen molar-refractivity contribution in [3.63, 3.8) is 0 Å². The van der Waals surface area contributed by atoms with Crippen molar-refractivity contribution in [2.24, 2.45) is 17.2 Å².